The van der Waals surface area contributed by atoms with Gasteiger partial charge in [0.05, 0.1) is 0 Å². The van der Waals surface area contributed by atoms with E-state index >= 15 is 0 Å². The van der Waals surface area contributed by atoms with Crippen molar-refractivity contribution in [2.24, 2.45) is 0 Å². The summed E-state index contributed by atoms with van der Waals surface area (Å²) in [7, 11) is 0. The number of alkyl halides is 11. The Balaban J connectivity index is 5.89. The van der Waals surface area contributed by atoms with Crippen molar-refractivity contribution in [2.45, 2.75) is 63.0 Å². The first-order valence-electron chi connectivity index (χ1n) is 6.36. The zero-order valence-electron chi connectivity index (χ0n) is 12.4. The Morgan fingerprint density at radius 2 is 1.20 bits per heavy atom. The molecule has 150 valence electrons. The van der Waals surface area contributed by atoms with Gasteiger partial charge in [0.2, 0.25) is 0 Å². The Kier molecular flexibility index (Phi) is 6.73. The first-order valence-corrected chi connectivity index (χ1v) is 6.36. The largest absolute Gasteiger partial charge is 0.462 e. The molecule has 3 nitrogen and oxygen atoms in total. The Bertz CT molecular complexity index is 467. The minimum absolute atomic E-state index is 0.231. The topological polar surface area (TPSA) is 35.5 Å². The maximum absolute atomic E-state index is 13.7. The number of ether oxygens (including phenoxy) is 2. The highest BCUT2D eigenvalue weighted by molar-refractivity contribution is 5.79. The van der Waals surface area contributed by atoms with Gasteiger partial charge in [-0.1, -0.05) is 13.8 Å². The predicted octanol–water partition coefficient (Wildman–Crippen LogP) is 4.75. The van der Waals surface area contributed by atoms with E-state index in [1.165, 1.54) is 13.8 Å². The lowest BCUT2D eigenvalue weighted by Crippen LogP contribution is -2.62. The number of rotatable bonds is 7. The highest BCUT2D eigenvalue weighted by atomic mass is 19.4. The molecule has 0 spiro atoms. The summed E-state index contributed by atoms with van der Waals surface area (Å²) in [5, 5.41) is 0. The third-order valence-electron chi connectivity index (χ3n) is 2.80. The van der Waals surface area contributed by atoms with Crippen LogP contribution in [-0.2, 0) is 14.3 Å². The van der Waals surface area contributed by atoms with Crippen molar-refractivity contribution in [3.8, 4) is 0 Å². The normalized spacial score (nSPS) is 16.7. The van der Waals surface area contributed by atoms with E-state index in [2.05, 4.69) is 9.47 Å². The molecule has 0 radical (unpaired) electrons. The second-order valence-corrected chi connectivity index (χ2v) is 4.63. The second-order valence-electron chi connectivity index (χ2n) is 4.63. The maximum Gasteiger partial charge on any atom is 0.462 e. The average molecular weight is 400 g/mol. The molecule has 1 atom stereocenters. The number of hydrogen-bond donors (Lipinski definition) is 0. The summed E-state index contributed by atoms with van der Waals surface area (Å²) < 4.78 is 144. The van der Waals surface area contributed by atoms with Gasteiger partial charge in [-0.2, -0.15) is 48.3 Å². The molecule has 0 aromatic rings. The van der Waals surface area contributed by atoms with Crippen LogP contribution in [0, 0.1) is 0 Å². The van der Waals surface area contributed by atoms with Gasteiger partial charge in [-0.05, 0) is 12.8 Å². The van der Waals surface area contributed by atoms with Crippen LogP contribution in [0.4, 0.5) is 48.3 Å². The predicted molar refractivity (Wildman–Crippen MR) is 57.4 cm³/mol. The van der Waals surface area contributed by atoms with Gasteiger partial charge in [0.25, 0.3) is 0 Å². The van der Waals surface area contributed by atoms with Gasteiger partial charge in [0.15, 0.2) is 0 Å². The van der Waals surface area contributed by atoms with Crippen molar-refractivity contribution in [2.75, 3.05) is 0 Å². The number of hydrogen-bond acceptors (Lipinski definition) is 3. The van der Waals surface area contributed by atoms with Crippen LogP contribution in [0.1, 0.15) is 26.7 Å². The SMILES string of the molecule is CCC(CC)OC(=O)C(F)(OC(F)(F)C(F)(F)C(F)(F)F)C(F)(F)F. The fourth-order valence-corrected chi connectivity index (χ4v) is 1.30. The van der Waals surface area contributed by atoms with Gasteiger partial charge >= 0.3 is 36.2 Å². The molecule has 0 saturated heterocycles. The van der Waals surface area contributed by atoms with Gasteiger partial charge in [-0.25, -0.2) is 4.79 Å². The van der Waals surface area contributed by atoms with Crippen molar-refractivity contribution in [1.82, 2.24) is 0 Å². The first-order chi connectivity index (χ1) is 10.9. The summed E-state index contributed by atoms with van der Waals surface area (Å²) in [5.41, 5.74) is 0. The minimum atomic E-state index is -7.22. The third-order valence-corrected chi connectivity index (χ3v) is 2.80. The van der Waals surface area contributed by atoms with E-state index in [-0.39, 0.29) is 12.8 Å². The number of esters is 1. The summed E-state index contributed by atoms with van der Waals surface area (Å²) in [6.07, 6.45) is -22.8. The van der Waals surface area contributed by atoms with E-state index in [1.807, 2.05) is 0 Å². The van der Waals surface area contributed by atoms with Crippen LogP contribution in [0.3, 0.4) is 0 Å². The molecule has 0 aliphatic heterocycles. The highest BCUT2D eigenvalue weighted by Gasteiger charge is 2.80. The van der Waals surface area contributed by atoms with Crippen LogP contribution in [0.15, 0.2) is 0 Å². The van der Waals surface area contributed by atoms with E-state index in [0.29, 0.717) is 0 Å². The Hall–Kier alpha value is -1.34. The Morgan fingerprint density at radius 1 is 0.800 bits per heavy atom. The van der Waals surface area contributed by atoms with Gasteiger partial charge in [0.1, 0.15) is 6.10 Å². The monoisotopic (exact) mass is 400 g/mol. The van der Waals surface area contributed by atoms with Crippen LogP contribution < -0.4 is 0 Å². The van der Waals surface area contributed by atoms with Gasteiger partial charge < -0.3 is 4.74 Å². The Morgan fingerprint density at radius 3 is 1.48 bits per heavy atom. The standard InChI is InChI=1S/C11H11F11O3/c1-3-5(4-2)24-6(23)7(12,9(15,16)17)25-11(21,22)8(13,14)10(18,19)20/h5H,3-4H2,1-2H3. The lowest BCUT2D eigenvalue weighted by atomic mass is 10.2. The molecule has 0 saturated carbocycles. The molecule has 0 aliphatic carbocycles. The summed E-state index contributed by atoms with van der Waals surface area (Å²) in [6, 6.07) is 0. The molecule has 0 aromatic carbocycles. The van der Waals surface area contributed by atoms with E-state index in [4.69, 9.17) is 0 Å². The van der Waals surface area contributed by atoms with Crippen molar-refractivity contribution in [3.05, 3.63) is 0 Å². The molecule has 25 heavy (non-hydrogen) atoms. The Labute approximate surface area is 133 Å². The van der Waals surface area contributed by atoms with Crippen LogP contribution >= 0.6 is 0 Å². The molecule has 14 heteroatoms. The number of carbonyl (C=O) groups is 1. The van der Waals surface area contributed by atoms with E-state index in [1.54, 1.807) is 0 Å². The van der Waals surface area contributed by atoms with Gasteiger partial charge in [-0.3, -0.25) is 4.74 Å². The number of carbonyl (C=O) groups excluding carboxylic acids is 1. The van der Waals surface area contributed by atoms with Crippen molar-refractivity contribution in [3.63, 3.8) is 0 Å². The molecule has 0 bridgehead atoms. The first kappa shape index (κ1) is 23.7. The van der Waals surface area contributed by atoms with Crippen LogP contribution in [0.2, 0.25) is 0 Å². The zero-order chi connectivity index (χ0) is 20.5. The molecule has 0 amide bonds. The van der Waals surface area contributed by atoms with Gasteiger partial charge in [-0.15, -0.1) is 0 Å². The molecule has 1 unspecified atom stereocenters. The quantitative estimate of drug-likeness (QED) is 0.457. The fourth-order valence-electron chi connectivity index (χ4n) is 1.30. The summed E-state index contributed by atoms with van der Waals surface area (Å²) in [4.78, 5) is 11.2. The van der Waals surface area contributed by atoms with E-state index in [9.17, 15) is 53.1 Å². The average Bonchev–Trinajstić information content (AvgIpc) is 2.41. The highest BCUT2D eigenvalue weighted by Crippen LogP contribution is 2.51. The molecule has 0 N–H and O–H groups in total. The van der Waals surface area contributed by atoms with Crippen LogP contribution in [0.25, 0.3) is 0 Å². The zero-order valence-corrected chi connectivity index (χ0v) is 12.4. The molecular formula is C11H11F11O3. The maximum atomic E-state index is 13.7. The smallest absolute Gasteiger partial charge is 0.458 e. The molecule has 0 fully saturated rings. The summed E-state index contributed by atoms with van der Waals surface area (Å²) >= 11 is 0. The minimum Gasteiger partial charge on any atom is -0.458 e. The van der Waals surface area contributed by atoms with Crippen molar-refractivity contribution in [1.29, 1.82) is 0 Å². The van der Waals surface area contributed by atoms with E-state index < -0.39 is 42.3 Å². The third kappa shape index (κ3) is 4.64. The molecular weight excluding hydrogens is 389 g/mol. The lowest BCUT2D eigenvalue weighted by Gasteiger charge is -2.34. The molecule has 0 aliphatic rings. The molecule has 0 heterocycles. The molecule has 0 rings (SSSR count). The summed E-state index contributed by atoms with van der Waals surface area (Å²) in [6.45, 7) is 2.45. The van der Waals surface area contributed by atoms with Gasteiger partial charge in [0, 0.05) is 0 Å². The van der Waals surface area contributed by atoms with E-state index in [0.717, 1.165) is 0 Å². The second kappa shape index (κ2) is 7.11. The number of halogens is 11. The lowest BCUT2D eigenvalue weighted by molar-refractivity contribution is -0.475. The van der Waals surface area contributed by atoms with Crippen molar-refractivity contribution < 1.29 is 62.6 Å². The van der Waals surface area contributed by atoms with Crippen LogP contribution in [0.5, 0.6) is 0 Å². The van der Waals surface area contributed by atoms with Crippen LogP contribution in [-0.4, -0.2) is 42.3 Å². The summed E-state index contributed by atoms with van der Waals surface area (Å²) in [5.74, 6) is -16.7. The molecule has 0 aromatic heterocycles. The van der Waals surface area contributed by atoms with Crippen molar-refractivity contribution >= 4 is 5.97 Å². The fraction of sp³-hybridized carbons (Fsp3) is 0.909.